The van der Waals surface area contributed by atoms with Gasteiger partial charge in [-0.2, -0.15) is 16.8 Å². The first-order valence-corrected chi connectivity index (χ1v) is 41.3. The Morgan fingerprint density at radius 3 is 1.03 bits per heavy atom. The number of benzene rings is 4. The van der Waals surface area contributed by atoms with Gasteiger partial charge < -0.3 is 100 Å². The van der Waals surface area contributed by atoms with E-state index in [4.69, 9.17) is 98.4 Å². The van der Waals surface area contributed by atoms with Crippen molar-refractivity contribution in [3.8, 4) is 0 Å². The van der Waals surface area contributed by atoms with Gasteiger partial charge >= 0.3 is 29.8 Å². The Bertz CT molecular complexity index is 3840. The van der Waals surface area contributed by atoms with E-state index in [2.05, 4.69) is 0 Å². The van der Waals surface area contributed by atoms with Gasteiger partial charge in [-0.25, -0.2) is 0 Å². The fraction of sp³-hybridized carbons (Fsp3) is 0.642. The van der Waals surface area contributed by atoms with Crippen molar-refractivity contribution < 1.29 is 149 Å². The molecule has 0 aliphatic carbocycles. The number of carbonyl (C=O) groups is 5. The Balaban J connectivity index is 0.000000219. The molecular weight excluding hydrogens is 1550 g/mol. The molecule has 4 aromatic rings. The Kier molecular flexibility index (Phi) is 35.2. The van der Waals surface area contributed by atoms with E-state index in [0.29, 0.717) is 26.4 Å². The second-order valence-electron chi connectivity index (χ2n) is 30.9. The first-order chi connectivity index (χ1) is 54.2. The van der Waals surface area contributed by atoms with Crippen molar-refractivity contribution in [3.63, 3.8) is 0 Å². The largest absolute Gasteiger partial charge is 0.462 e. The maximum absolute atomic E-state index is 12.6. The lowest BCUT2D eigenvalue weighted by molar-refractivity contribution is -0.234. The average molecular weight is 1670 g/mol. The monoisotopic (exact) mass is 1660 g/mol. The number of methoxy groups -OCH3 is 4. The molecule has 34 heteroatoms. The second-order valence-corrected chi connectivity index (χ2v) is 34.1. The SMILES string of the molecule is CO[C@H]1[C@@H](OC(C)=O)C(OC(C)=O)O[C@@]1(COCc1ccccc1)C(COC(=O)C(C)(C)C)OS(C)(=O)=O.CO[C@H]1[C@@H](OC(C)=O)[C@H](C)O[C@@]1(COCc1ccccc1)C(COC(=O)C(C)(C)C)OS(C)(=O)=O.CO[C@H]1[C@H]2OC(CO)[C@]1(COCc1ccccc1)O[C@H]2C.CO[C@H]1[C@H]2OC(CO)[C@]1(COCc1ccccc1)O[C@H]2C. The van der Waals surface area contributed by atoms with E-state index in [1.807, 2.05) is 135 Å². The van der Waals surface area contributed by atoms with Crippen LogP contribution in [0.25, 0.3) is 0 Å². The van der Waals surface area contributed by atoms with E-state index < -0.39 is 158 Å². The lowest BCUT2D eigenvalue weighted by Crippen LogP contribution is -2.59. The maximum atomic E-state index is 12.6. The highest BCUT2D eigenvalue weighted by Crippen LogP contribution is 2.49. The molecule has 6 aliphatic heterocycles. The van der Waals surface area contributed by atoms with Crippen LogP contribution >= 0.6 is 0 Å². The number of hydrogen-bond acceptors (Lipinski definition) is 32. The van der Waals surface area contributed by atoms with Crippen LogP contribution in [0.1, 0.15) is 105 Å². The van der Waals surface area contributed by atoms with Gasteiger partial charge in [-0.1, -0.05) is 121 Å². The molecule has 20 atom stereocenters. The number of fused-ring (bicyclic) bond motifs is 4. The van der Waals surface area contributed by atoms with E-state index in [1.54, 1.807) is 62.7 Å². The third-order valence-corrected chi connectivity index (χ3v) is 20.8. The van der Waals surface area contributed by atoms with Gasteiger partial charge in [-0.3, -0.25) is 32.3 Å². The summed E-state index contributed by atoms with van der Waals surface area (Å²) in [6.07, 6.45) is -9.52. The topological polar surface area (TPSA) is 388 Å². The Morgan fingerprint density at radius 1 is 0.426 bits per heavy atom. The third-order valence-electron chi connectivity index (χ3n) is 19.7. The van der Waals surface area contributed by atoms with Gasteiger partial charge in [0, 0.05) is 49.2 Å². The highest BCUT2D eigenvalue weighted by Gasteiger charge is 2.69. The summed E-state index contributed by atoms with van der Waals surface area (Å²) in [5, 5.41) is 19.1. The average Bonchev–Trinajstić information content (AvgIpc) is 1.58. The van der Waals surface area contributed by atoms with Crippen LogP contribution in [0.2, 0.25) is 0 Å². The van der Waals surface area contributed by atoms with Gasteiger partial charge in [-0.05, 0) is 84.6 Å². The summed E-state index contributed by atoms with van der Waals surface area (Å²) in [6, 6.07) is 38.4. The number of ether oxygens (including phenoxy) is 19. The zero-order valence-corrected chi connectivity index (χ0v) is 70.4. The van der Waals surface area contributed by atoms with Crippen LogP contribution in [0.3, 0.4) is 0 Å². The second kappa shape index (κ2) is 42.4. The van der Waals surface area contributed by atoms with Crippen LogP contribution in [0.5, 0.6) is 0 Å². The Morgan fingerprint density at radius 2 is 0.730 bits per heavy atom. The standard InChI is InChI=1S/C25H36O12S.C24H36O10S.2C16H22O5/c1-16(26)34-20-21(31-6)25(36-22(20)35-17(2)27,15-32-13-18-11-9-8-10-12-18)19(37-38(7,29)30)14-33-23(28)24(3,4)5;1-16-20(32-17(2)25)21(29-6)24(33-16,15-30-13-18-11-9-8-10-12-18)19(34-35(7,27)28)14-31-22(26)23(3,4)5;2*1-11-14-15(18-2)16(21-11,13(8-17)20-14)10-19-9-12-6-4-3-5-7-12/h8-12,19-22H,13-15H2,1-7H3;8-12,16,19-21H,13-15H2,1-7H3;2*3-7,11,13-15,17H,8-10H2,1-2H3/t19?,20-,21+,22?,25+;16-,19?,20-,21-,24-;2*11-,13?,14-,15-,16-/m1000/s1. The molecule has 10 rings (SSSR count). The highest BCUT2D eigenvalue weighted by molar-refractivity contribution is 7.86. The van der Waals surface area contributed by atoms with Crippen molar-refractivity contribution in [2.75, 3.05) is 93.8 Å². The molecule has 4 bridgehead atoms. The van der Waals surface area contributed by atoms with Gasteiger partial charge in [0.2, 0.25) is 6.29 Å². The van der Waals surface area contributed by atoms with E-state index in [0.717, 1.165) is 48.6 Å². The summed E-state index contributed by atoms with van der Waals surface area (Å²) in [5.74, 6) is -3.26. The fourth-order valence-electron chi connectivity index (χ4n) is 14.5. The van der Waals surface area contributed by atoms with Gasteiger partial charge in [0.05, 0.1) is 108 Å². The van der Waals surface area contributed by atoms with Crippen molar-refractivity contribution in [2.24, 2.45) is 10.8 Å². The van der Waals surface area contributed by atoms with Crippen LogP contribution in [0, 0.1) is 10.8 Å². The third kappa shape index (κ3) is 25.2. The van der Waals surface area contributed by atoms with E-state index in [1.165, 1.54) is 21.1 Å². The fourth-order valence-corrected chi connectivity index (χ4v) is 15.8. The Labute approximate surface area is 674 Å². The number of esters is 5. The molecule has 0 spiro atoms. The van der Waals surface area contributed by atoms with Crippen molar-refractivity contribution in [2.45, 2.75) is 230 Å². The molecule has 6 saturated heterocycles. The number of hydrogen-bond donors (Lipinski definition) is 2. The summed E-state index contributed by atoms with van der Waals surface area (Å²) in [4.78, 5) is 60.6. The minimum Gasteiger partial charge on any atom is -0.462 e. The highest BCUT2D eigenvalue weighted by atomic mass is 32.2. The molecule has 0 saturated carbocycles. The van der Waals surface area contributed by atoms with Crippen molar-refractivity contribution >= 4 is 50.1 Å². The van der Waals surface area contributed by atoms with Crippen LogP contribution in [0.15, 0.2) is 121 Å². The van der Waals surface area contributed by atoms with Crippen molar-refractivity contribution in [1.29, 1.82) is 0 Å². The molecule has 5 unspecified atom stereocenters. The van der Waals surface area contributed by atoms with E-state index >= 15 is 0 Å². The van der Waals surface area contributed by atoms with E-state index in [-0.39, 0.29) is 76.3 Å². The molecule has 2 N–H and O–H groups in total. The zero-order valence-electron chi connectivity index (χ0n) is 68.7. The van der Waals surface area contributed by atoms with Crippen LogP contribution in [0.4, 0.5) is 0 Å². The quantitative estimate of drug-likeness (QED) is 0.0292. The maximum Gasteiger partial charge on any atom is 0.311 e. The summed E-state index contributed by atoms with van der Waals surface area (Å²) in [6.45, 7) is 19.1. The molecule has 6 heterocycles. The molecular formula is C81H116O32S2. The molecule has 32 nitrogen and oxygen atoms in total. The van der Waals surface area contributed by atoms with E-state index in [9.17, 15) is 51.0 Å². The first-order valence-electron chi connectivity index (χ1n) is 37.6. The lowest BCUT2D eigenvalue weighted by Gasteiger charge is -2.39. The number of carbonyl (C=O) groups excluding carboxylic acids is 5. The number of aliphatic hydroxyl groups excluding tert-OH is 2. The Hall–Kier alpha value is -6.59. The molecule has 4 aromatic carbocycles. The molecule has 6 aliphatic rings. The van der Waals surface area contributed by atoms with Crippen molar-refractivity contribution in [1.82, 2.24) is 0 Å². The van der Waals surface area contributed by atoms with Gasteiger partial charge in [0.25, 0.3) is 20.2 Å². The summed E-state index contributed by atoms with van der Waals surface area (Å²) in [5.41, 5.74) is -2.79. The normalized spacial score (nSPS) is 29.8. The molecule has 115 heavy (non-hydrogen) atoms. The molecule has 6 fully saturated rings. The van der Waals surface area contributed by atoms with Crippen LogP contribution in [-0.2, 0) is 169 Å². The number of aliphatic hydroxyl groups is 2. The van der Waals surface area contributed by atoms with Gasteiger partial charge in [-0.15, -0.1) is 0 Å². The minimum atomic E-state index is -4.17. The van der Waals surface area contributed by atoms with Gasteiger partial charge in [0.15, 0.2) is 23.4 Å². The summed E-state index contributed by atoms with van der Waals surface area (Å²) >= 11 is 0. The predicted octanol–water partition coefficient (Wildman–Crippen LogP) is 6.25. The molecule has 0 amide bonds. The van der Waals surface area contributed by atoms with Crippen LogP contribution < -0.4 is 0 Å². The molecule has 644 valence electrons. The summed E-state index contributed by atoms with van der Waals surface area (Å²) in [7, 11) is -2.26. The minimum absolute atomic E-state index is 0.0573. The lowest BCUT2D eigenvalue weighted by atomic mass is 9.89. The zero-order chi connectivity index (χ0) is 84.9. The smallest absolute Gasteiger partial charge is 0.311 e. The molecule has 0 aromatic heterocycles. The van der Waals surface area contributed by atoms with Crippen molar-refractivity contribution in [3.05, 3.63) is 144 Å². The predicted molar refractivity (Wildman–Crippen MR) is 410 cm³/mol. The first kappa shape index (κ1) is 95.6. The van der Waals surface area contributed by atoms with Gasteiger partial charge in [0.1, 0.15) is 85.5 Å². The molecule has 0 radical (unpaired) electrons. The van der Waals surface area contributed by atoms with Crippen LogP contribution in [-0.4, -0.2) is 271 Å². The number of rotatable bonds is 35. The summed E-state index contributed by atoms with van der Waals surface area (Å²) < 4.78 is 169.